The van der Waals surface area contributed by atoms with Gasteiger partial charge in [-0.3, -0.25) is 0 Å². The number of carboxylic acids is 1. The molecule has 1 atom stereocenters. The summed E-state index contributed by atoms with van der Waals surface area (Å²) in [5, 5.41) is 23.4. The van der Waals surface area contributed by atoms with Crippen molar-refractivity contribution in [3.63, 3.8) is 0 Å². The van der Waals surface area contributed by atoms with Crippen LogP contribution in [0.4, 0.5) is 0 Å². The van der Waals surface area contributed by atoms with Gasteiger partial charge >= 0.3 is 5.97 Å². The van der Waals surface area contributed by atoms with Gasteiger partial charge < -0.3 is 10.2 Å². The summed E-state index contributed by atoms with van der Waals surface area (Å²) in [6.45, 7) is 3.23. The number of carboxylic acid groups (broad SMARTS) is 1. The molecule has 0 spiro atoms. The molecule has 6 heteroatoms. The first-order valence-electron chi connectivity index (χ1n) is 3.64. The Morgan fingerprint density at radius 1 is 1.69 bits per heavy atom. The largest absolute Gasteiger partial charge is 0.479 e. The fourth-order valence-electron chi connectivity index (χ4n) is 0.894. The molecule has 1 unspecified atom stereocenters. The number of aromatic nitrogens is 2. The molecule has 0 radical (unpaired) electrons. The van der Waals surface area contributed by atoms with Crippen molar-refractivity contribution in [2.24, 2.45) is 0 Å². The highest BCUT2D eigenvalue weighted by Crippen LogP contribution is 2.25. The molecule has 1 aromatic rings. The molecule has 5 nitrogen and oxygen atoms in total. The summed E-state index contributed by atoms with van der Waals surface area (Å²) in [5.41, 5.74) is -0.411. The first-order valence-corrected chi connectivity index (χ1v) is 4.48. The van der Waals surface area contributed by atoms with Crippen molar-refractivity contribution in [1.29, 1.82) is 0 Å². The normalized spacial score (nSPS) is 14.1. The third-order valence-electron chi connectivity index (χ3n) is 1.94. The zero-order valence-corrected chi connectivity index (χ0v) is 8.08. The molecule has 13 heavy (non-hydrogen) atoms. The molecule has 1 rings (SSSR count). The van der Waals surface area contributed by atoms with Gasteiger partial charge in [-0.2, -0.15) is 0 Å². The van der Waals surface area contributed by atoms with Gasteiger partial charge in [0.05, 0.1) is 5.69 Å². The molecule has 1 heterocycles. The van der Waals surface area contributed by atoms with E-state index in [0.29, 0.717) is 5.69 Å². The van der Waals surface area contributed by atoms with E-state index >= 15 is 0 Å². The second-order valence-corrected chi connectivity index (χ2v) is 3.86. The predicted octanol–water partition coefficient (Wildman–Crippen LogP) is 0.261. The number of hydrogen-bond donors (Lipinski definition) is 2. The zero-order valence-electron chi connectivity index (χ0n) is 7.26. The Labute approximate surface area is 79.2 Å². The maximum absolute atomic E-state index is 10.5. The topological polar surface area (TPSA) is 83.3 Å². The monoisotopic (exact) mass is 202 g/mol. The lowest BCUT2D eigenvalue weighted by atomic mass is 9.84. The molecule has 0 aliphatic rings. The Morgan fingerprint density at radius 3 is 2.69 bits per heavy atom. The fourth-order valence-corrected chi connectivity index (χ4v) is 1.53. The van der Waals surface area contributed by atoms with Crippen LogP contribution >= 0.6 is 11.5 Å². The molecule has 0 saturated heterocycles. The summed E-state index contributed by atoms with van der Waals surface area (Å²) in [6.07, 6.45) is -1.46. The number of aliphatic carboxylic acids is 1. The third-order valence-corrected chi connectivity index (χ3v) is 2.44. The minimum absolute atomic E-state index is 0.493. The lowest BCUT2D eigenvalue weighted by molar-refractivity contribution is -0.150. The van der Waals surface area contributed by atoms with Gasteiger partial charge in [-0.05, 0) is 11.5 Å². The van der Waals surface area contributed by atoms with Crippen molar-refractivity contribution in [2.75, 3.05) is 0 Å². The third kappa shape index (κ3) is 1.84. The number of carbonyl (C=O) groups is 1. The van der Waals surface area contributed by atoms with Crippen molar-refractivity contribution >= 4 is 17.5 Å². The van der Waals surface area contributed by atoms with Crippen LogP contribution < -0.4 is 0 Å². The Balaban J connectivity index is 2.95. The number of nitrogens with zero attached hydrogens (tertiary/aromatic N) is 2. The molecule has 0 bridgehead atoms. The highest BCUT2D eigenvalue weighted by Gasteiger charge is 2.37. The van der Waals surface area contributed by atoms with Gasteiger partial charge in [0.25, 0.3) is 0 Å². The lowest BCUT2D eigenvalue weighted by Crippen LogP contribution is -2.40. The molecular weight excluding hydrogens is 192 g/mol. The van der Waals surface area contributed by atoms with E-state index < -0.39 is 17.5 Å². The van der Waals surface area contributed by atoms with Crippen LogP contribution in [0.15, 0.2) is 5.38 Å². The minimum atomic E-state index is -1.46. The molecule has 0 aliphatic heterocycles. The van der Waals surface area contributed by atoms with Crippen molar-refractivity contribution < 1.29 is 15.0 Å². The van der Waals surface area contributed by atoms with Crippen LogP contribution in [0.25, 0.3) is 0 Å². The highest BCUT2D eigenvalue weighted by molar-refractivity contribution is 7.03. The predicted molar refractivity (Wildman–Crippen MR) is 46.6 cm³/mol. The summed E-state index contributed by atoms with van der Waals surface area (Å²) in [7, 11) is 0. The number of hydrogen-bond acceptors (Lipinski definition) is 5. The molecular formula is C7H10N2O3S. The van der Waals surface area contributed by atoms with Crippen molar-refractivity contribution in [1.82, 2.24) is 9.59 Å². The standard InChI is InChI=1S/C7H10N2O3S/c1-7(2,5(10)6(11)12)4-3-13-9-8-4/h3,5,10H,1-2H3,(H,11,12). The van der Waals surface area contributed by atoms with Gasteiger partial charge in [0.2, 0.25) is 0 Å². The Hall–Kier alpha value is -1.01. The molecule has 0 aliphatic carbocycles. The second-order valence-electron chi connectivity index (χ2n) is 3.25. The maximum atomic E-state index is 10.5. The van der Waals surface area contributed by atoms with Crippen LogP contribution in [0.2, 0.25) is 0 Å². The van der Waals surface area contributed by atoms with Crippen molar-refractivity contribution in [2.45, 2.75) is 25.4 Å². The maximum Gasteiger partial charge on any atom is 0.333 e. The van der Waals surface area contributed by atoms with E-state index in [2.05, 4.69) is 9.59 Å². The summed E-state index contributed by atoms with van der Waals surface area (Å²) in [4.78, 5) is 10.5. The van der Waals surface area contributed by atoms with Crippen molar-refractivity contribution in [3.05, 3.63) is 11.1 Å². The second kappa shape index (κ2) is 3.39. The first-order chi connectivity index (χ1) is 5.96. The summed E-state index contributed by atoms with van der Waals surface area (Å²) in [6, 6.07) is 0. The quantitative estimate of drug-likeness (QED) is 0.734. The van der Waals surface area contributed by atoms with E-state index in [9.17, 15) is 9.90 Å². The number of aliphatic hydroxyl groups is 1. The zero-order chi connectivity index (χ0) is 10.1. The van der Waals surface area contributed by atoms with Gasteiger partial charge in [0.1, 0.15) is 0 Å². The van der Waals surface area contributed by atoms with E-state index in [-0.39, 0.29) is 0 Å². The smallest absolute Gasteiger partial charge is 0.333 e. The van der Waals surface area contributed by atoms with Gasteiger partial charge in [-0.1, -0.05) is 18.3 Å². The van der Waals surface area contributed by atoms with Crippen LogP contribution in [0, 0.1) is 0 Å². The van der Waals surface area contributed by atoms with Crippen molar-refractivity contribution in [3.8, 4) is 0 Å². The summed E-state index contributed by atoms with van der Waals surface area (Å²) in [5.74, 6) is -1.25. The number of rotatable bonds is 3. The minimum Gasteiger partial charge on any atom is -0.479 e. The van der Waals surface area contributed by atoms with Gasteiger partial charge in [0, 0.05) is 10.8 Å². The van der Waals surface area contributed by atoms with Gasteiger partial charge in [-0.15, -0.1) is 5.10 Å². The fraction of sp³-hybridized carbons (Fsp3) is 0.571. The molecule has 0 aromatic carbocycles. The average molecular weight is 202 g/mol. The van der Waals surface area contributed by atoms with E-state index in [0.717, 1.165) is 11.5 Å². The first kappa shape index (κ1) is 10.1. The van der Waals surface area contributed by atoms with Crippen LogP contribution in [-0.2, 0) is 10.2 Å². The average Bonchev–Trinajstić information content (AvgIpc) is 2.54. The molecule has 0 fully saturated rings. The summed E-state index contributed by atoms with van der Waals surface area (Å²) < 4.78 is 3.62. The van der Waals surface area contributed by atoms with Gasteiger partial charge in [0.15, 0.2) is 6.10 Å². The number of aliphatic hydroxyl groups excluding tert-OH is 1. The Kier molecular flexibility index (Phi) is 2.63. The van der Waals surface area contributed by atoms with E-state index in [1.807, 2.05) is 0 Å². The SMILES string of the molecule is CC(C)(c1csnn1)C(O)C(=O)O. The van der Waals surface area contributed by atoms with Crippen LogP contribution in [-0.4, -0.2) is 31.9 Å². The van der Waals surface area contributed by atoms with Crippen LogP contribution in [0.3, 0.4) is 0 Å². The highest BCUT2D eigenvalue weighted by atomic mass is 32.1. The molecule has 0 saturated carbocycles. The summed E-state index contributed by atoms with van der Waals surface area (Å²) >= 11 is 1.13. The van der Waals surface area contributed by atoms with E-state index in [4.69, 9.17) is 5.11 Å². The molecule has 1 aromatic heterocycles. The lowest BCUT2D eigenvalue weighted by Gasteiger charge is -2.24. The molecule has 2 N–H and O–H groups in total. The molecule has 72 valence electrons. The van der Waals surface area contributed by atoms with Crippen LogP contribution in [0.5, 0.6) is 0 Å². The molecule has 0 amide bonds. The Bertz CT molecular complexity index is 297. The van der Waals surface area contributed by atoms with E-state index in [1.165, 1.54) is 0 Å². The van der Waals surface area contributed by atoms with Gasteiger partial charge in [-0.25, -0.2) is 4.79 Å². The van der Waals surface area contributed by atoms with E-state index in [1.54, 1.807) is 19.2 Å². The van der Waals surface area contributed by atoms with Crippen LogP contribution in [0.1, 0.15) is 19.5 Å². The Morgan fingerprint density at radius 2 is 2.31 bits per heavy atom.